The van der Waals surface area contributed by atoms with E-state index in [-0.39, 0.29) is 18.0 Å². The molecule has 21 heavy (non-hydrogen) atoms. The summed E-state index contributed by atoms with van der Waals surface area (Å²) in [5, 5.41) is 14.2. The molecule has 0 spiro atoms. The van der Waals surface area contributed by atoms with Crippen LogP contribution in [0.2, 0.25) is 5.02 Å². The van der Waals surface area contributed by atoms with Gasteiger partial charge < -0.3 is 10.1 Å². The van der Waals surface area contributed by atoms with Crippen LogP contribution in [0, 0.1) is 10.1 Å². The van der Waals surface area contributed by atoms with Crippen LogP contribution >= 0.6 is 11.6 Å². The zero-order valence-corrected chi connectivity index (χ0v) is 12.1. The van der Waals surface area contributed by atoms with Crippen LogP contribution in [-0.2, 0) is 6.61 Å². The van der Waals surface area contributed by atoms with Crippen molar-refractivity contribution in [3.05, 3.63) is 57.4 Å². The van der Waals surface area contributed by atoms with Gasteiger partial charge in [-0.15, -0.1) is 0 Å². The lowest BCUT2D eigenvalue weighted by molar-refractivity contribution is -0.384. The molecular formula is C14H14ClN3O3. The highest BCUT2D eigenvalue weighted by atomic mass is 35.5. The summed E-state index contributed by atoms with van der Waals surface area (Å²) in [6, 6.07) is 7.79. The summed E-state index contributed by atoms with van der Waals surface area (Å²) in [6.07, 6.45) is 1.67. The normalized spacial score (nSPS) is 10.2. The molecule has 0 fully saturated rings. The Bertz CT molecular complexity index is 649. The van der Waals surface area contributed by atoms with Gasteiger partial charge in [0.05, 0.1) is 21.7 Å². The molecule has 110 valence electrons. The van der Waals surface area contributed by atoms with Gasteiger partial charge in [-0.1, -0.05) is 11.6 Å². The lowest BCUT2D eigenvalue weighted by Gasteiger charge is -2.09. The molecule has 0 bridgehead atoms. The smallest absolute Gasteiger partial charge is 0.273 e. The summed E-state index contributed by atoms with van der Waals surface area (Å²) in [6.45, 7) is 2.99. The molecule has 0 radical (unpaired) electrons. The lowest BCUT2D eigenvalue weighted by Crippen LogP contribution is -2.02. The molecular weight excluding hydrogens is 294 g/mol. The van der Waals surface area contributed by atoms with Crippen LogP contribution in [0.25, 0.3) is 0 Å². The molecule has 0 saturated carbocycles. The Kier molecular flexibility index (Phi) is 4.94. The predicted octanol–water partition coefficient (Wildman–Crippen LogP) is 3.65. The van der Waals surface area contributed by atoms with Crippen molar-refractivity contribution >= 4 is 23.0 Å². The predicted molar refractivity (Wildman–Crippen MR) is 80.8 cm³/mol. The molecule has 0 saturated heterocycles. The number of nitro benzene ring substituents is 1. The first-order valence-electron chi connectivity index (χ1n) is 6.35. The fourth-order valence-corrected chi connectivity index (χ4v) is 1.91. The van der Waals surface area contributed by atoms with E-state index in [9.17, 15) is 10.1 Å². The maximum atomic E-state index is 10.7. The van der Waals surface area contributed by atoms with Gasteiger partial charge in [-0.3, -0.25) is 15.1 Å². The van der Waals surface area contributed by atoms with Gasteiger partial charge in [-0.2, -0.15) is 0 Å². The number of aromatic nitrogens is 1. The highest BCUT2D eigenvalue weighted by Crippen LogP contribution is 2.29. The third-order valence-electron chi connectivity index (χ3n) is 2.70. The van der Waals surface area contributed by atoms with Crippen molar-refractivity contribution in [1.29, 1.82) is 0 Å². The Morgan fingerprint density at radius 3 is 2.90 bits per heavy atom. The van der Waals surface area contributed by atoms with Crippen LogP contribution < -0.4 is 10.1 Å². The van der Waals surface area contributed by atoms with Gasteiger partial charge in [0, 0.05) is 24.5 Å². The zero-order chi connectivity index (χ0) is 15.2. The van der Waals surface area contributed by atoms with E-state index in [1.165, 1.54) is 18.2 Å². The van der Waals surface area contributed by atoms with Crippen LogP contribution in [0.15, 0.2) is 36.5 Å². The number of non-ortho nitro benzene ring substituents is 1. The number of pyridine rings is 1. The van der Waals surface area contributed by atoms with E-state index in [0.717, 1.165) is 12.2 Å². The molecule has 6 nitrogen and oxygen atoms in total. The van der Waals surface area contributed by atoms with E-state index in [4.69, 9.17) is 16.3 Å². The van der Waals surface area contributed by atoms with Crippen molar-refractivity contribution in [3.63, 3.8) is 0 Å². The molecule has 0 aliphatic carbocycles. The Balaban J connectivity index is 2.10. The standard InChI is InChI=1S/C14H14ClN3O3/c1-2-16-10-5-6-17-11(7-10)9-21-14-8-12(18(19)20)3-4-13(14)15/h3-8H,2,9H2,1H3,(H,16,17). The van der Waals surface area contributed by atoms with E-state index in [1.54, 1.807) is 6.20 Å². The largest absolute Gasteiger partial charge is 0.485 e. The van der Waals surface area contributed by atoms with Gasteiger partial charge in [0.2, 0.25) is 0 Å². The minimum Gasteiger partial charge on any atom is -0.485 e. The van der Waals surface area contributed by atoms with Gasteiger partial charge in [-0.05, 0) is 25.1 Å². The number of nitrogens with one attached hydrogen (secondary N) is 1. The molecule has 1 heterocycles. The maximum Gasteiger partial charge on any atom is 0.273 e. The van der Waals surface area contributed by atoms with E-state index in [2.05, 4.69) is 10.3 Å². The highest BCUT2D eigenvalue weighted by Gasteiger charge is 2.11. The first-order valence-corrected chi connectivity index (χ1v) is 6.73. The molecule has 0 aliphatic rings. The number of nitrogens with zero attached hydrogens (tertiary/aromatic N) is 2. The average Bonchev–Trinajstić information content (AvgIpc) is 2.47. The number of halogens is 1. The van der Waals surface area contributed by atoms with Crippen molar-refractivity contribution in [2.75, 3.05) is 11.9 Å². The second-order valence-corrected chi connectivity index (χ2v) is 4.63. The summed E-state index contributed by atoms with van der Waals surface area (Å²) >= 11 is 5.97. The van der Waals surface area contributed by atoms with Crippen molar-refractivity contribution in [1.82, 2.24) is 4.98 Å². The van der Waals surface area contributed by atoms with Gasteiger partial charge in [0.15, 0.2) is 0 Å². The second kappa shape index (κ2) is 6.90. The molecule has 0 unspecified atom stereocenters. The molecule has 0 amide bonds. The van der Waals surface area contributed by atoms with Gasteiger partial charge >= 0.3 is 0 Å². The van der Waals surface area contributed by atoms with Gasteiger partial charge in [0.25, 0.3) is 5.69 Å². The minimum absolute atomic E-state index is 0.0660. The highest BCUT2D eigenvalue weighted by molar-refractivity contribution is 6.32. The number of anilines is 1. The Morgan fingerprint density at radius 1 is 1.38 bits per heavy atom. The Labute approximate surface area is 126 Å². The molecule has 1 aromatic carbocycles. The third kappa shape index (κ3) is 4.06. The molecule has 0 atom stereocenters. The fraction of sp³-hybridized carbons (Fsp3) is 0.214. The van der Waals surface area contributed by atoms with E-state index >= 15 is 0 Å². The molecule has 2 aromatic rings. The van der Waals surface area contributed by atoms with Crippen LogP contribution in [-0.4, -0.2) is 16.5 Å². The quantitative estimate of drug-likeness (QED) is 0.651. The first kappa shape index (κ1) is 15.1. The first-order chi connectivity index (χ1) is 10.1. The fourth-order valence-electron chi connectivity index (χ4n) is 1.74. The van der Waals surface area contributed by atoms with Gasteiger partial charge in [0.1, 0.15) is 12.4 Å². The molecule has 7 heteroatoms. The van der Waals surface area contributed by atoms with Crippen molar-refractivity contribution in [2.45, 2.75) is 13.5 Å². The van der Waals surface area contributed by atoms with Crippen LogP contribution in [0.4, 0.5) is 11.4 Å². The van der Waals surface area contributed by atoms with Crippen LogP contribution in [0.1, 0.15) is 12.6 Å². The molecule has 1 aromatic heterocycles. The monoisotopic (exact) mass is 307 g/mol. The average molecular weight is 308 g/mol. The summed E-state index contributed by atoms with van der Waals surface area (Å²) in [5.41, 5.74) is 1.58. The minimum atomic E-state index is -0.493. The van der Waals surface area contributed by atoms with Crippen molar-refractivity contribution in [2.24, 2.45) is 0 Å². The lowest BCUT2D eigenvalue weighted by atomic mass is 10.3. The zero-order valence-electron chi connectivity index (χ0n) is 11.4. The number of hydrogen-bond donors (Lipinski definition) is 1. The number of hydrogen-bond acceptors (Lipinski definition) is 5. The number of nitro groups is 1. The number of rotatable bonds is 6. The Morgan fingerprint density at radius 2 is 2.19 bits per heavy atom. The van der Waals surface area contributed by atoms with Crippen LogP contribution in [0.3, 0.4) is 0 Å². The number of benzene rings is 1. The second-order valence-electron chi connectivity index (χ2n) is 4.23. The van der Waals surface area contributed by atoms with Crippen molar-refractivity contribution < 1.29 is 9.66 Å². The van der Waals surface area contributed by atoms with E-state index in [0.29, 0.717) is 10.7 Å². The van der Waals surface area contributed by atoms with E-state index in [1.807, 2.05) is 19.1 Å². The SMILES string of the molecule is CCNc1ccnc(COc2cc([N+](=O)[O-])ccc2Cl)c1. The van der Waals surface area contributed by atoms with E-state index < -0.39 is 4.92 Å². The van der Waals surface area contributed by atoms with Crippen LogP contribution in [0.5, 0.6) is 5.75 Å². The Hall–Kier alpha value is -2.34. The summed E-state index contributed by atoms with van der Waals surface area (Å²) in [5.74, 6) is 0.265. The molecule has 0 aliphatic heterocycles. The maximum absolute atomic E-state index is 10.7. The third-order valence-corrected chi connectivity index (χ3v) is 3.01. The summed E-state index contributed by atoms with van der Waals surface area (Å²) in [4.78, 5) is 14.4. The topological polar surface area (TPSA) is 77.3 Å². The summed E-state index contributed by atoms with van der Waals surface area (Å²) < 4.78 is 5.52. The number of ether oxygens (including phenoxy) is 1. The molecule has 2 rings (SSSR count). The molecule has 1 N–H and O–H groups in total. The summed E-state index contributed by atoms with van der Waals surface area (Å²) in [7, 11) is 0. The van der Waals surface area contributed by atoms with Crippen molar-refractivity contribution in [3.8, 4) is 5.75 Å². The van der Waals surface area contributed by atoms with Gasteiger partial charge in [-0.25, -0.2) is 0 Å².